The van der Waals surface area contributed by atoms with Crippen LogP contribution in [-0.2, 0) is 33.1 Å². The van der Waals surface area contributed by atoms with E-state index in [2.05, 4.69) is 5.10 Å². The van der Waals surface area contributed by atoms with Crippen LogP contribution in [-0.4, -0.2) is 58.8 Å². The van der Waals surface area contributed by atoms with Gasteiger partial charge >= 0.3 is 0 Å². The molecule has 0 aromatic heterocycles. The van der Waals surface area contributed by atoms with E-state index in [4.69, 9.17) is 4.74 Å². The van der Waals surface area contributed by atoms with E-state index in [0.717, 1.165) is 22.4 Å². The van der Waals surface area contributed by atoms with Gasteiger partial charge in [-0.3, -0.25) is 14.4 Å². The van der Waals surface area contributed by atoms with Crippen molar-refractivity contribution in [2.45, 2.75) is 44.9 Å². The minimum Gasteiger partial charge on any atom is -0.497 e. The van der Waals surface area contributed by atoms with Crippen LogP contribution < -0.4 is 14.6 Å². The lowest BCUT2D eigenvalue weighted by Gasteiger charge is -2.28. The smallest absolute Gasteiger partial charge is 0.264 e. The number of aliphatic hydroxyl groups is 2. The van der Waals surface area contributed by atoms with E-state index >= 15 is 0 Å². The second-order valence-electron chi connectivity index (χ2n) is 12.8. The molecule has 0 bridgehead atoms. The zero-order chi connectivity index (χ0) is 36.0. The van der Waals surface area contributed by atoms with Gasteiger partial charge in [-0.2, -0.15) is 5.10 Å². The molecule has 4 aromatic carbocycles. The maximum Gasteiger partial charge on any atom is 0.264 e. The quantitative estimate of drug-likeness (QED) is 0.178. The molecule has 0 spiro atoms. The van der Waals surface area contributed by atoms with Crippen molar-refractivity contribution in [2.24, 2.45) is 11.0 Å². The van der Waals surface area contributed by atoms with Crippen LogP contribution in [0.4, 0.5) is 11.4 Å². The number of methoxy groups -OCH3 is 1. The predicted molar refractivity (Wildman–Crippen MR) is 196 cm³/mol. The van der Waals surface area contributed by atoms with Gasteiger partial charge in [-0.25, -0.2) is 5.01 Å². The standard InChI is InChI=1S/C41H42N4O6/c1-29(10-9-15-38(47)43(24-25-46)27-30-11-5-3-6-12-30)41(50)35-26-34(51-2)20-22-37(35)44(40(41)49)28-31-16-18-33(19-17-31)45-39(48)23-21-36(42-45)32-13-7-4-8-14-32/h3-14,16-20,22,26,29,46,50H,15,21,23-25,27-28H2,1-2H3/b10-9+/t29-,41+/m0/s1. The molecule has 10 heteroatoms. The van der Waals surface area contributed by atoms with E-state index in [1.165, 1.54) is 12.1 Å². The number of hydrazone groups is 1. The van der Waals surface area contributed by atoms with Crippen LogP contribution in [0.25, 0.3) is 0 Å². The first-order valence-corrected chi connectivity index (χ1v) is 17.1. The van der Waals surface area contributed by atoms with E-state index in [1.807, 2.05) is 84.9 Å². The summed E-state index contributed by atoms with van der Waals surface area (Å²) in [6.45, 7) is 2.32. The number of ether oxygens (including phenoxy) is 1. The Hall–Kier alpha value is -5.58. The molecule has 0 aliphatic carbocycles. The van der Waals surface area contributed by atoms with Gasteiger partial charge < -0.3 is 24.7 Å². The Labute approximate surface area is 297 Å². The Balaban J connectivity index is 1.19. The number of aliphatic hydroxyl groups excluding tert-OH is 1. The van der Waals surface area contributed by atoms with Crippen LogP contribution >= 0.6 is 0 Å². The van der Waals surface area contributed by atoms with Gasteiger partial charge in [0.15, 0.2) is 5.60 Å². The summed E-state index contributed by atoms with van der Waals surface area (Å²) in [5.74, 6) is -0.960. The topological polar surface area (TPSA) is 123 Å². The summed E-state index contributed by atoms with van der Waals surface area (Å²) < 4.78 is 5.45. The second kappa shape index (κ2) is 15.5. The molecule has 6 rings (SSSR count). The van der Waals surface area contributed by atoms with Crippen LogP contribution in [0.15, 0.2) is 120 Å². The van der Waals surface area contributed by atoms with Crippen LogP contribution in [0, 0.1) is 5.92 Å². The van der Waals surface area contributed by atoms with Gasteiger partial charge in [0.1, 0.15) is 5.75 Å². The number of amides is 3. The number of anilines is 2. The SMILES string of the molecule is COc1ccc2c(c1)[C@](O)([C@@H](C)/C=C/CC(=O)N(CCO)Cc1ccccc1)C(=O)N2Cc1ccc(N2N=C(c3ccccc3)CCC2=O)cc1. The average Bonchev–Trinajstić information content (AvgIpc) is 3.37. The van der Waals surface area contributed by atoms with Crippen molar-refractivity contribution in [1.29, 1.82) is 0 Å². The molecule has 262 valence electrons. The predicted octanol–water partition coefficient (Wildman–Crippen LogP) is 5.56. The fourth-order valence-electron chi connectivity index (χ4n) is 6.59. The third-order valence-electron chi connectivity index (χ3n) is 9.45. The number of carbonyl (C=O) groups excluding carboxylic acids is 3. The zero-order valence-electron chi connectivity index (χ0n) is 28.8. The number of hydrogen-bond acceptors (Lipinski definition) is 7. The molecular formula is C41H42N4O6. The number of carbonyl (C=O) groups is 3. The summed E-state index contributed by atoms with van der Waals surface area (Å²) in [6, 6.07) is 31.9. The lowest BCUT2D eigenvalue weighted by Crippen LogP contribution is -2.44. The van der Waals surface area contributed by atoms with Gasteiger partial charge in [-0.15, -0.1) is 0 Å². The molecular weight excluding hydrogens is 644 g/mol. The van der Waals surface area contributed by atoms with Gasteiger partial charge in [-0.1, -0.05) is 91.9 Å². The molecule has 51 heavy (non-hydrogen) atoms. The fraction of sp³-hybridized carbons (Fsp3) is 0.268. The third kappa shape index (κ3) is 7.47. The van der Waals surface area contributed by atoms with Crippen molar-refractivity contribution in [1.82, 2.24) is 4.90 Å². The summed E-state index contributed by atoms with van der Waals surface area (Å²) in [6.07, 6.45) is 4.33. The van der Waals surface area contributed by atoms with Crippen molar-refractivity contribution in [3.05, 3.63) is 138 Å². The van der Waals surface area contributed by atoms with Gasteiger partial charge in [0.05, 0.1) is 37.3 Å². The van der Waals surface area contributed by atoms with Gasteiger partial charge in [0.25, 0.3) is 5.91 Å². The lowest BCUT2D eigenvalue weighted by molar-refractivity contribution is -0.139. The summed E-state index contributed by atoms with van der Waals surface area (Å²) in [5, 5.41) is 27.8. The molecule has 10 nitrogen and oxygen atoms in total. The highest BCUT2D eigenvalue weighted by molar-refractivity contribution is 6.09. The van der Waals surface area contributed by atoms with Crippen molar-refractivity contribution < 1.29 is 29.3 Å². The van der Waals surface area contributed by atoms with Crippen molar-refractivity contribution in [3.8, 4) is 5.75 Å². The molecule has 3 amide bonds. The van der Waals surface area contributed by atoms with E-state index in [1.54, 1.807) is 47.1 Å². The highest BCUT2D eigenvalue weighted by Crippen LogP contribution is 2.47. The largest absolute Gasteiger partial charge is 0.497 e. The molecule has 2 atom stereocenters. The van der Waals surface area contributed by atoms with Crippen LogP contribution in [0.1, 0.15) is 48.4 Å². The Morgan fingerprint density at radius 3 is 2.35 bits per heavy atom. The molecule has 0 saturated heterocycles. The molecule has 2 aliphatic heterocycles. The van der Waals surface area contributed by atoms with E-state index in [0.29, 0.717) is 42.1 Å². The maximum atomic E-state index is 14.2. The molecule has 0 unspecified atom stereocenters. The molecule has 0 fully saturated rings. The number of hydrogen-bond donors (Lipinski definition) is 2. The van der Waals surface area contributed by atoms with Gasteiger partial charge in [0, 0.05) is 43.8 Å². The lowest BCUT2D eigenvalue weighted by atomic mass is 9.83. The van der Waals surface area contributed by atoms with Crippen LogP contribution in [0.5, 0.6) is 5.75 Å². The highest BCUT2D eigenvalue weighted by atomic mass is 16.5. The van der Waals surface area contributed by atoms with Crippen LogP contribution in [0.2, 0.25) is 0 Å². The van der Waals surface area contributed by atoms with E-state index in [-0.39, 0.29) is 37.9 Å². The van der Waals surface area contributed by atoms with E-state index in [9.17, 15) is 24.6 Å². The fourth-order valence-corrected chi connectivity index (χ4v) is 6.59. The zero-order valence-corrected chi connectivity index (χ0v) is 28.8. The maximum absolute atomic E-state index is 14.2. The third-order valence-corrected chi connectivity index (χ3v) is 9.45. The first kappa shape index (κ1) is 35.3. The van der Waals surface area contributed by atoms with Crippen molar-refractivity contribution in [2.75, 3.05) is 30.2 Å². The Morgan fingerprint density at radius 1 is 0.961 bits per heavy atom. The normalized spacial score (nSPS) is 17.8. The monoisotopic (exact) mass is 686 g/mol. The van der Waals surface area contributed by atoms with Crippen LogP contribution in [0.3, 0.4) is 0 Å². The molecule has 2 aliphatic rings. The second-order valence-corrected chi connectivity index (χ2v) is 12.8. The van der Waals surface area contributed by atoms with Gasteiger partial charge in [-0.05, 0) is 47.0 Å². The number of nitrogens with zero attached hydrogens (tertiary/aromatic N) is 4. The first-order chi connectivity index (χ1) is 24.7. The minimum absolute atomic E-state index is 0.0406. The average molecular weight is 687 g/mol. The Morgan fingerprint density at radius 2 is 1.67 bits per heavy atom. The van der Waals surface area contributed by atoms with Gasteiger partial charge in [0.2, 0.25) is 11.8 Å². The Kier molecular flexibility index (Phi) is 10.7. The van der Waals surface area contributed by atoms with E-state index < -0.39 is 17.4 Å². The van der Waals surface area contributed by atoms with Crippen molar-refractivity contribution in [3.63, 3.8) is 0 Å². The molecule has 0 saturated carbocycles. The Bertz CT molecular complexity index is 1930. The number of fused-ring (bicyclic) bond motifs is 1. The minimum atomic E-state index is -1.92. The first-order valence-electron chi connectivity index (χ1n) is 17.1. The molecule has 4 aromatic rings. The number of benzene rings is 4. The summed E-state index contributed by atoms with van der Waals surface area (Å²) >= 11 is 0. The summed E-state index contributed by atoms with van der Waals surface area (Å²) in [7, 11) is 1.53. The molecule has 2 heterocycles. The summed E-state index contributed by atoms with van der Waals surface area (Å²) in [5.41, 5.74) is 3.25. The highest BCUT2D eigenvalue weighted by Gasteiger charge is 2.52. The summed E-state index contributed by atoms with van der Waals surface area (Å²) in [4.78, 5) is 43.3. The molecule has 0 radical (unpaired) electrons. The number of rotatable bonds is 13. The van der Waals surface area contributed by atoms with Crippen molar-refractivity contribution >= 4 is 34.8 Å². The molecule has 2 N–H and O–H groups in total.